The van der Waals surface area contributed by atoms with Gasteiger partial charge in [-0.25, -0.2) is 4.98 Å². The number of carbonyl (C=O) groups is 1. The minimum atomic E-state index is 0.00706. The summed E-state index contributed by atoms with van der Waals surface area (Å²) in [7, 11) is 0. The van der Waals surface area contributed by atoms with Crippen molar-refractivity contribution in [3.63, 3.8) is 0 Å². The highest BCUT2D eigenvalue weighted by Gasteiger charge is 2.19. The summed E-state index contributed by atoms with van der Waals surface area (Å²) in [6.07, 6.45) is 6.79. The first kappa shape index (κ1) is 13.4. The van der Waals surface area contributed by atoms with Gasteiger partial charge in [0.15, 0.2) is 0 Å². The summed E-state index contributed by atoms with van der Waals surface area (Å²) in [5.41, 5.74) is 0.760. The van der Waals surface area contributed by atoms with Crippen LogP contribution in [0, 0.1) is 0 Å². The Kier molecular flexibility index (Phi) is 4.16. The van der Waals surface area contributed by atoms with E-state index in [1.54, 1.807) is 6.20 Å². The Morgan fingerprint density at radius 2 is 2.20 bits per heavy atom. The summed E-state index contributed by atoms with van der Waals surface area (Å²) in [6, 6.07) is 3.90. The molecule has 3 heterocycles. The Hall–Kier alpha value is -1.62. The minimum Gasteiger partial charge on any atom is -0.378 e. The first-order valence-corrected chi connectivity index (χ1v) is 7.44. The molecule has 2 aliphatic rings. The predicted molar refractivity (Wildman–Crippen MR) is 77.9 cm³/mol. The maximum absolute atomic E-state index is 11.9. The Morgan fingerprint density at radius 3 is 2.85 bits per heavy atom. The number of rotatable bonds is 4. The van der Waals surface area contributed by atoms with Crippen LogP contribution in [0.5, 0.6) is 0 Å². The summed E-state index contributed by atoms with van der Waals surface area (Å²) in [5.74, 6) is 1.01. The van der Waals surface area contributed by atoms with Crippen LogP contribution in [0.15, 0.2) is 18.3 Å². The van der Waals surface area contributed by atoms with Gasteiger partial charge in [-0.2, -0.15) is 0 Å². The molecule has 3 rings (SSSR count). The third-order valence-electron chi connectivity index (χ3n) is 3.90. The van der Waals surface area contributed by atoms with E-state index in [4.69, 9.17) is 4.74 Å². The van der Waals surface area contributed by atoms with E-state index >= 15 is 0 Å². The molecule has 20 heavy (non-hydrogen) atoms. The molecule has 1 atom stereocenters. The van der Waals surface area contributed by atoms with Crippen molar-refractivity contribution < 1.29 is 9.53 Å². The number of hydrogen-bond donors (Lipinski definition) is 1. The highest BCUT2D eigenvalue weighted by Crippen LogP contribution is 2.20. The van der Waals surface area contributed by atoms with Gasteiger partial charge in [-0.05, 0) is 37.8 Å². The summed E-state index contributed by atoms with van der Waals surface area (Å²) in [6.45, 7) is 2.94. The molecule has 108 valence electrons. The van der Waals surface area contributed by atoms with E-state index in [-0.39, 0.29) is 12.0 Å². The Bertz CT molecular complexity index is 449. The number of ether oxygens (including phenoxy) is 1. The van der Waals surface area contributed by atoms with Gasteiger partial charge in [0, 0.05) is 19.7 Å². The zero-order valence-corrected chi connectivity index (χ0v) is 11.7. The molecule has 1 amide bonds. The van der Waals surface area contributed by atoms with Crippen molar-refractivity contribution in [3.8, 4) is 0 Å². The molecule has 0 aliphatic carbocycles. The third kappa shape index (κ3) is 3.28. The first-order chi connectivity index (χ1) is 9.81. The van der Waals surface area contributed by atoms with Crippen LogP contribution in [-0.4, -0.2) is 36.7 Å². The predicted octanol–water partition coefficient (Wildman–Crippen LogP) is 2.19. The maximum Gasteiger partial charge on any atom is 0.227 e. The number of amides is 1. The van der Waals surface area contributed by atoms with Crippen LogP contribution in [-0.2, 0) is 9.53 Å². The fourth-order valence-corrected chi connectivity index (χ4v) is 2.82. The summed E-state index contributed by atoms with van der Waals surface area (Å²) >= 11 is 0. The molecule has 1 aromatic rings. The lowest BCUT2D eigenvalue weighted by molar-refractivity contribution is -0.118. The van der Waals surface area contributed by atoms with Crippen LogP contribution in [0.4, 0.5) is 11.5 Å². The monoisotopic (exact) mass is 275 g/mol. The van der Waals surface area contributed by atoms with E-state index < -0.39 is 0 Å². The maximum atomic E-state index is 11.9. The topological polar surface area (TPSA) is 54.5 Å². The van der Waals surface area contributed by atoms with Gasteiger partial charge < -0.3 is 15.0 Å². The minimum absolute atomic E-state index is 0.00706. The molecule has 5 nitrogen and oxygen atoms in total. The molecule has 0 bridgehead atoms. The first-order valence-electron chi connectivity index (χ1n) is 7.44. The van der Waals surface area contributed by atoms with Gasteiger partial charge >= 0.3 is 0 Å². The van der Waals surface area contributed by atoms with Crippen LogP contribution in [0.1, 0.15) is 32.1 Å². The zero-order valence-electron chi connectivity index (χ0n) is 11.7. The van der Waals surface area contributed by atoms with E-state index in [1.807, 2.05) is 12.1 Å². The van der Waals surface area contributed by atoms with Crippen LogP contribution in [0.3, 0.4) is 0 Å². The number of nitrogens with one attached hydrogen (secondary N) is 1. The third-order valence-corrected chi connectivity index (χ3v) is 3.90. The summed E-state index contributed by atoms with van der Waals surface area (Å²) in [5, 5.41) is 2.89. The molecule has 2 fully saturated rings. The molecule has 0 unspecified atom stereocenters. The number of pyridine rings is 1. The van der Waals surface area contributed by atoms with Crippen LogP contribution in [0.25, 0.3) is 0 Å². The van der Waals surface area contributed by atoms with Crippen molar-refractivity contribution in [1.29, 1.82) is 0 Å². The molecule has 0 aromatic carbocycles. The van der Waals surface area contributed by atoms with Gasteiger partial charge in [0.1, 0.15) is 5.82 Å². The number of nitrogens with zero attached hydrogens (tertiary/aromatic N) is 2. The van der Waals surface area contributed by atoms with Crippen molar-refractivity contribution in [2.75, 3.05) is 29.9 Å². The summed E-state index contributed by atoms with van der Waals surface area (Å²) < 4.78 is 5.46. The van der Waals surface area contributed by atoms with E-state index in [0.717, 1.165) is 44.0 Å². The van der Waals surface area contributed by atoms with Crippen molar-refractivity contribution in [2.24, 2.45) is 0 Å². The number of hydrogen-bond acceptors (Lipinski definition) is 4. The van der Waals surface area contributed by atoms with E-state index in [9.17, 15) is 4.79 Å². The molecule has 2 aliphatic heterocycles. The molecular formula is C15H21N3O2. The van der Waals surface area contributed by atoms with Crippen molar-refractivity contribution in [3.05, 3.63) is 18.3 Å². The standard InChI is InChI=1S/C15H21N3O2/c19-15(10-13-4-3-9-20-13)17-12-5-6-14(16-11-12)18-7-1-2-8-18/h5-6,11,13H,1-4,7-10H2,(H,17,19)/t13-/m0/s1. The fraction of sp³-hybridized carbons (Fsp3) is 0.600. The number of aromatic nitrogens is 1. The van der Waals surface area contributed by atoms with Gasteiger partial charge in [-0.15, -0.1) is 0 Å². The molecule has 0 radical (unpaired) electrons. The van der Waals surface area contributed by atoms with E-state index in [2.05, 4.69) is 15.2 Å². The highest BCUT2D eigenvalue weighted by atomic mass is 16.5. The Labute approximate surface area is 119 Å². The quantitative estimate of drug-likeness (QED) is 0.915. The SMILES string of the molecule is O=C(C[C@@H]1CCCO1)Nc1ccc(N2CCCC2)nc1. The second-order valence-electron chi connectivity index (χ2n) is 5.49. The number of carbonyl (C=O) groups excluding carboxylic acids is 1. The molecule has 2 saturated heterocycles. The molecule has 1 N–H and O–H groups in total. The molecule has 5 heteroatoms. The average molecular weight is 275 g/mol. The van der Waals surface area contributed by atoms with Crippen molar-refractivity contribution in [1.82, 2.24) is 4.98 Å². The lowest BCUT2D eigenvalue weighted by atomic mass is 10.2. The fourth-order valence-electron chi connectivity index (χ4n) is 2.82. The molecule has 0 spiro atoms. The molecule has 0 saturated carbocycles. The van der Waals surface area contributed by atoms with Crippen LogP contribution >= 0.6 is 0 Å². The lowest BCUT2D eigenvalue weighted by Crippen LogP contribution is -2.20. The van der Waals surface area contributed by atoms with Crippen molar-refractivity contribution in [2.45, 2.75) is 38.2 Å². The van der Waals surface area contributed by atoms with Gasteiger partial charge in [0.25, 0.3) is 0 Å². The zero-order chi connectivity index (χ0) is 13.8. The molecule has 1 aromatic heterocycles. The van der Waals surface area contributed by atoms with E-state index in [1.165, 1.54) is 12.8 Å². The smallest absolute Gasteiger partial charge is 0.227 e. The van der Waals surface area contributed by atoms with Crippen LogP contribution < -0.4 is 10.2 Å². The summed E-state index contributed by atoms with van der Waals surface area (Å²) in [4.78, 5) is 18.6. The van der Waals surface area contributed by atoms with Gasteiger partial charge in [0.2, 0.25) is 5.91 Å². The second-order valence-corrected chi connectivity index (χ2v) is 5.49. The van der Waals surface area contributed by atoms with Gasteiger partial charge in [-0.1, -0.05) is 0 Å². The second kappa shape index (κ2) is 6.22. The normalized spacial score (nSPS) is 22.2. The van der Waals surface area contributed by atoms with Crippen molar-refractivity contribution >= 4 is 17.4 Å². The van der Waals surface area contributed by atoms with Crippen LogP contribution in [0.2, 0.25) is 0 Å². The molecular weight excluding hydrogens is 254 g/mol. The lowest BCUT2D eigenvalue weighted by Gasteiger charge is -2.16. The average Bonchev–Trinajstić information content (AvgIpc) is 3.12. The van der Waals surface area contributed by atoms with E-state index in [0.29, 0.717) is 6.42 Å². The Balaban J connectivity index is 1.53. The Morgan fingerprint density at radius 1 is 1.35 bits per heavy atom. The number of anilines is 2. The highest BCUT2D eigenvalue weighted by molar-refractivity contribution is 5.90. The van der Waals surface area contributed by atoms with Gasteiger partial charge in [-0.3, -0.25) is 4.79 Å². The largest absolute Gasteiger partial charge is 0.378 e. The van der Waals surface area contributed by atoms with Gasteiger partial charge in [0.05, 0.1) is 24.4 Å².